The van der Waals surface area contributed by atoms with Gasteiger partial charge in [0.15, 0.2) is 0 Å². The van der Waals surface area contributed by atoms with Crippen LogP contribution in [0.15, 0.2) is 101 Å². The molecule has 0 bridgehead atoms. The molecule has 1 atom stereocenters. The highest BCUT2D eigenvalue weighted by atomic mass is 32.2. The Hall–Kier alpha value is -3.97. The lowest BCUT2D eigenvalue weighted by atomic mass is 10.1. The van der Waals surface area contributed by atoms with Crippen LogP contribution in [0, 0.1) is 5.82 Å². The number of anilines is 1. The zero-order valence-electron chi connectivity index (χ0n) is 20.3. The molecule has 2 amide bonds. The number of sulfonamides is 2. The molecular weight excluding hydrogens is 545 g/mol. The zero-order chi connectivity index (χ0) is 27.9. The number of amides is 2. The normalized spacial score (nSPS) is 16.4. The van der Waals surface area contributed by atoms with Gasteiger partial charge in [0.05, 0.1) is 21.9 Å². The van der Waals surface area contributed by atoms with Crippen molar-refractivity contribution < 1.29 is 30.8 Å². The molecule has 0 aliphatic carbocycles. The van der Waals surface area contributed by atoms with Gasteiger partial charge in [0.2, 0.25) is 26.0 Å². The Morgan fingerprint density at radius 2 is 1.44 bits per heavy atom. The molecule has 0 saturated carbocycles. The molecule has 1 unspecified atom stereocenters. The summed E-state index contributed by atoms with van der Waals surface area (Å²) in [6.45, 7) is -0.294. The van der Waals surface area contributed by atoms with E-state index in [1.165, 1.54) is 48.5 Å². The fourth-order valence-electron chi connectivity index (χ4n) is 4.49. The van der Waals surface area contributed by atoms with E-state index in [9.17, 15) is 30.8 Å². The van der Waals surface area contributed by atoms with E-state index in [2.05, 4.69) is 0 Å². The summed E-state index contributed by atoms with van der Waals surface area (Å²) in [5.74, 6) is -1.97. The van der Waals surface area contributed by atoms with Crippen LogP contribution in [-0.4, -0.2) is 39.0 Å². The lowest BCUT2D eigenvalue weighted by Crippen LogP contribution is -2.45. The predicted molar refractivity (Wildman–Crippen MR) is 142 cm³/mol. The maximum absolute atomic E-state index is 14.0. The van der Waals surface area contributed by atoms with Crippen LogP contribution in [-0.2, 0) is 36.2 Å². The Labute approximate surface area is 224 Å². The minimum atomic E-state index is -4.33. The molecule has 4 aromatic carbocycles. The molecule has 5 rings (SSSR count). The van der Waals surface area contributed by atoms with Crippen LogP contribution in [0.3, 0.4) is 0 Å². The van der Waals surface area contributed by atoms with Crippen molar-refractivity contribution >= 4 is 48.3 Å². The monoisotopic (exact) mass is 567 g/mol. The quantitative estimate of drug-likeness (QED) is 0.341. The standard InChI is InChI=1S/C27H22FN3O6S2/c28-21-8-5-18(6-9-21)17-30(39(36,37)24-12-7-19-3-1-2-4-20(19)15-24)25-16-26(32)31(27(25)33)22-10-13-23(14-11-22)38(29,34)35/h1-15,25H,16-17H2,(H2,29,34,35). The minimum absolute atomic E-state index is 0.0699. The van der Waals surface area contributed by atoms with Crippen LogP contribution >= 0.6 is 0 Å². The molecule has 9 nitrogen and oxygen atoms in total. The molecule has 0 radical (unpaired) electrons. The van der Waals surface area contributed by atoms with E-state index < -0.39 is 50.1 Å². The summed E-state index contributed by atoms with van der Waals surface area (Å²) in [7, 11) is -8.33. The highest BCUT2D eigenvalue weighted by Gasteiger charge is 2.47. The number of primary sulfonamides is 1. The molecule has 0 spiro atoms. The molecular formula is C27H22FN3O6S2. The van der Waals surface area contributed by atoms with E-state index in [1.807, 2.05) is 12.1 Å². The topological polar surface area (TPSA) is 135 Å². The maximum atomic E-state index is 14.0. The van der Waals surface area contributed by atoms with Crippen molar-refractivity contribution in [3.63, 3.8) is 0 Å². The van der Waals surface area contributed by atoms with E-state index in [0.29, 0.717) is 10.9 Å². The second-order valence-corrected chi connectivity index (χ2v) is 12.5. The van der Waals surface area contributed by atoms with Gasteiger partial charge in [-0.15, -0.1) is 0 Å². The summed E-state index contributed by atoms with van der Waals surface area (Å²) in [6.07, 6.45) is -0.441. The summed E-state index contributed by atoms with van der Waals surface area (Å²) in [5, 5.41) is 6.62. The van der Waals surface area contributed by atoms with Crippen LogP contribution in [0.2, 0.25) is 0 Å². The van der Waals surface area contributed by atoms with Gasteiger partial charge in [0.1, 0.15) is 11.9 Å². The van der Waals surface area contributed by atoms with Crippen molar-refractivity contribution in [1.29, 1.82) is 0 Å². The first-order valence-corrected chi connectivity index (χ1v) is 14.7. The second kappa shape index (κ2) is 9.97. The smallest absolute Gasteiger partial charge is 0.252 e. The number of hydrogen-bond acceptors (Lipinski definition) is 6. The van der Waals surface area contributed by atoms with E-state index >= 15 is 0 Å². The highest BCUT2D eigenvalue weighted by Crippen LogP contribution is 2.32. The predicted octanol–water partition coefficient (Wildman–Crippen LogP) is 3.15. The average molecular weight is 568 g/mol. The molecule has 1 heterocycles. The zero-order valence-corrected chi connectivity index (χ0v) is 21.9. The molecule has 2 N–H and O–H groups in total. The van der Waals surface area contributed by atoms with Gasteiger partial charge in [0.25, 0.3) is 5.91 Å². The first-order chi connectivity index (χ1) is 18.4. The number of imide groups is 1. The van der Waals surface area contributed by atoms with E-state index in [4.69, 9.17) is 5.14 Å². The van der Waals surface area contributed by atoms with Crippen molar-refractivity contribution in [3.05, 3.63) is 102 Å². The number of hydrogen-bond donors (Lipinski definition) is 1. The molecule has 4 aromatic rings. The number of halogens is 1. The minimum Gasteiger partial charge on any atom is -0.274 e. The van der Waals surface area contributed by atoms with Crippen molar-refractivity contribution in [2.75, 3.05) is 4.90 Å². The van der Waals surface area contributed by atoms with Crippen LogP contribution in [0.4, 0.5) is 10.1 Å². The van der Waals surface area contributed by atoms with Crippen molar-refractivity contribution in [1.82, 2.24) is 4.31 Å². The van der Waals surface area contributed by atoms with Crippen LogP contribution in [0.5, 0.6) is 0 Å². The van der Waals surface area contributed by atoms with Gasteiger partial charge >= 0.3 is 0 Å². The largest absolute Gasteiger partial charge is 0.274 e. The Balaban J connectivity index is 1.55. The lowest BCUT2D eigenvalue weighted by molar-refractivity contribution is -0.122. The van der Waals surface area contributed by atoms with E-state index in [0.717, 1.165) is 26.7 Å². The van der Waals surface area contributed by atoms with Gasteiger partial charge in [-0.25, -0.2) is 31.3 Å². The Morgan fingerprint density at radius 3 is 2.08 bits per heavy atom. The van der Waals surface area contributed by atoms with Crippen molar-refractivity contribution in [2.24, 2.45) is 5.14 Å². The Kier molecular flexibility index (Phi) is 6.81. The molecule has 1 fully saturated rings. The van der Waals surface area contributed by atoms with E-state index in [1.54, 1.807) is 18.2 Å². The maximum Gasteiger partial charge on any atom is 0.252 e. The Bertz CT molecular complexity index is 1810. The third-order valence-corrected chi connectivity index (χ3v) is 9.25. The number of fused-ring (bicyclic) bond motifs is 1. The summed E-state index contributed by atoms with van der Waals surface area (Å²) in [6, 6.07) is 20.3. The number of carbonyl (C=O) groups excluding carboxylic acids is 2. The van der Waals surface area contributed by atoms with Gasteiger partial charge in [0, 0.05) is 6.54 Å². The van der Waals surface area contributed by atoms with Crippen LogP contribution < -0.4 is 10.0 Å². The highest BCUT2D eigenvalue weighted by molar-refractivity contribution is 7.89. The summed E-state index contributed by atoms with van der Waals surface area (Å²) in [5.41, 5.74) is 0.488. The van der Waals surface area contributed by atoms with Gasteiger partial charge in [-0.05, 0) is 64.9 Å². The van der Waals surface area contributed by atoms with Crippen molar-refractivity contribution in [3.8, 4) is 0 Å². The van der Waals surface area contributed by atoms with E-state index in [-0.39, 0.29) is 22.0 Å². The Morgan fingerprint density at radius 1 is 0.821 bits per heavy atom. The number of nitrogens with two attached hydrogens (primary N) is 1. The molecule has 1 saturated heterocycles. The third kappa shape index (κ3) is 5.19. The summed E-state index contributed by atoms with van der Waals surface area (Å²) < 4.78 is 65.6. The number of nitrogens with zero attached hydrogens (tertiary/aromatic N) is 2. The van der Waals surface area contributed by atoms with Crippen molar-refractivity contribution in [2.45, 2.75) is 28.8 Å². The lowest BCUT2D eigenvalue weighted by Gasteiger charge is -2.27. The fourth-order valence-corrected chi connectivity index (χ4v) is 6.61. The molecule has 0 aromatic heterocycles. The molecule has 1 aliphatic heterocycles. The molecule has 39 heavy (non-hydrogen) atoms. The van der Waals surface area contributed by atoms with Gasteiger partial charge in [-0.2, -0.15) is 4.31 Å². The first kappa shape index (κ1) is 26.6. The second-order valence-electron chi connectivity index (χ2n) is 9.01. The molecule has 12 heteroatoms. The third-order valence-electron chi connectivity index (χ3n) is 6.47. The first-order valence-electron chi connectivity index (χ1n) is 11.7. The average Bonchev–Trinajstić information content (AvgIpc) is 3.20. The summed E-state index contributed by atoms with van der Waals surface area (Å²) >= 11 is 0. The van der Waals surface area contributed by atoms with Gasteiger partial charge in [-0.1, -0.05) is 42.5 Å². The fraction of sp³-hybridized carbons (Fsp3) is 0.111. The van der Waals surface area contributed by atoms with Gasteiger partial charge < -0.3 is 0 Å². The number of rotatable bonds is 7. The SMILES string of the molecule is NS(=O)(=O)c1ccc(N2C(=O)CC(N(Cc3ccc(F)cc3)S(=O)(=O)c3ccc4ccccc4c3)C2=O)cc1. The number of carbonyl (C=O) groups is 2. The van der Waals surface area contributed by atoms with Crippen LogP contribution in [0.25, 0.3) is 10.8 Å². The van der Waals surface area contributed by atoms with Gasteiger partial charge in [-0.3, -0.25) is 9.59 Å². The van der Waals surface area contributed by atoms with Crippen LogP contribution in [0.1, 0.15) is 12.0 Å². The molecule has 1 aliphatic rings. The summed E-state index contributed by atoms with van der Waals surface area (Å²) in [4.78, 5) is 27.1. The number of benzene rings is 4. The molecule has 200 valence electrons.